The van der Waals surface area contributed by atoms with Crippen molar-refractivity contribution < 1.29 is 19.8 Å². The van der Waals surface area contributed by atoms with Crippen LogP contribution in [0.5, 0.6) is 5.88 Å². The molecule has 0 saturated heterocycles. The minimum atomic E-state index is -1.16. The summed E-state index contributed by atoms with van der Waals surface area (Å²) in [7, 11) is 0. The molecule has 2 heterocycles. The number of carbonyl (C=O) groups is 2. The molecule has 9 heteroatoms. The maximum Gasteiger partial charge on any atom is 0.355 e. The minimum Gasteiger partial charge on any atom is -0.493 e. The first kappa shape index (κ1) is 23.0. The van der Waals surface area contributed by atoms with E-state index in [0.717, 1.165) is 33.6 Å². The lowest BCUT2D eigenvalue weighted by Gasteiger charge is -2.07. The number of hydrogen-bond acceptors (Lipinski definition) is 6. The largest absolute Gasteiger partial charge is 0.493 e. The molecule has 5 rings (SSSR count). The van der Waals surface area contributed by atoms with Crippen molar-refractivity contribution in [2.75, 3.05) is 0 Å². The zero-order valence-electron chi connectivity index (χ0n) is 18.8. The van der Waals surface area contributed by atoms with Crippen molar-refractivity contribution in [3.8, 4) is 33.4 Å². The molecule has 1 amide bonds. The van der Waals surface area contributed by atoms with E-state index in [1.54, 1.807) is 24.3 Å². The Hall–Kier alpha value is -4.76. The molecule has 0 spiro atoms. The average molecular weight is 497 g/mol. The minimum absolute atomic E-state index is 0.124. The molecule has 0 bridgehead atoms. The van der Waals surface area contributed by atoms with Gasteiger partial charge in [0.25, 0.3) is 0 Å². The molecule has 0 aliphatic heterocycles. The Kier molecular flexibility index (Phi) is 6.05. The van der Waals surface area contributed by atoms with Crippen LogP contribution in [0.1, 0.15) is 32.0 Å². The highest BCUT2D eigenvalue weighted by Crippen LogP contribution is 2.36. The van der Waals surface area contributed by atoms with Crippen molar-refractivity contribution in [3.05, 3.63) is 107 Å². The number of benzene rings is 3. The number of aromatic carboxylic acids is 1. The molecule has 8 nitrogen and oxygen atoms in total. The third kappa shape index (κ3) is 4.47. The fraction of sp³-hybridized carbons (Fsp3) is 0.0370. The molecular weight excluding hydrogens is 476 g/mol. The smallest absolute Gasteiger partial charge is 0.355 e. The molecule has 0 aliphatic rings. The van der Waals surface area contributed by atoms with Gasteiger partial charge < -0.3 is 15.9 Å². The number of nitrogens with two attached hydrogens (primary N) is 1. The highest BCUT2D eigenvalue weighted by molar-refractivity contribution is 7.12. The van der Waals surface area contributed by atoms with E-state index in [0.29, 0.717) is 23.2 Å². The van der Waals surface area contributed by atoms with Crippen molar-refractivity contribution in [3.63, 3.8) is 0 Å². The number of nitrogens with zero attached hydrogens (tertiary/aromatic N) is 3. The number of carbonyl (C=O) groups excluding carboxylic acids is 1. The van der Waals surface area contributed by atoms with E-state index in [2.05, 4.69) is 10.1 Å². The van der Waals surface area contributed by atoms with Gasteiger partial charge in [0.1, 0.15) is 5.69 Å². The van der Waals surface area contributed by atoms with Crippen molar-refractivity contribution in [2.45, 2.75) is 6.42 Å². The van der Waals surface area contributed by atoms with Crippen LogP contribution in [-0.4, -0.2) is 36.9 Å². The zero-order chi connectivity index (χ0) is 25.2. The number of thiazole rings is 1. The van der Waals surface area contributed by atoms with Crippen LogP contribution in [0.25, 0.3) is 27.5 Å². The van der Waals surface area contributed by atoms with Gasteiger partial charge in [-0.15, -0.1) is 11.3 Å². The summed E-state index contributed by atoms with van der Waals surface area (Å²) in [5.41, 5.74) is 10.3. The Balaban J connectivity index is 1.62. The Morgan fingerprint density at radius 3 is 2.28 bits per heavy atom. The van der Waals surface area contributed by atoms with E-state index in [9.17, 15) is 19.8 Å². The van der Waals surface area contributed by atoms with E-state index in [4.69, 9.17) is 5.73 Å². The van der Waals surface area contributed by atoms with Crippen LogP contribution in [-0.2, 0) is 6.42 Å². The molecule has 0 unspecified atom stereocenters. The van der Waals surface area contributed by atoms with Gasteiger partial charge in [0.15, 0.2) is 5.69 Å². The highest BCUT2D eigenvalue weighted by Gasteiger charge is 2.23. The first-order valence-electron chi connectivity index (χ1n) is 11.0. The van der Waals surface area contributed by atoms with Crippen LogP contribution in [0.2, 0.25) is 0 Å². The van der Waals surface area contributed by atoms with Gasteiger partial charge in [-0.1, -0.05) is 60.7 Å². The number of aromatic nitrogens is 3. The number of amides is 1. The first-order chi connectivity index (χ1) is 17.4. The quantitative estimate of drug-likeness (QED) is 0.298. The summed E-state index contributed by atoms with van der Waals surface area (Å²) in [6.07, 6.45) is 0.312. The average Bonchev–Trinajstić information content (AvgIpc) is 3.51. The molecule has 2 aromatic heterocycles. The molecule has 5 aromatic rings. The Morgan fingerprint density at radius 2 is 1.61 bits per heavy atom. The van der Waals surface area contributed by atoms with Crippen LogP contribution in [0.3, 0.4) is 0 Å². The molecule has 0 radical (unpaired) electrons. The molecule has 0 saturated carbocycles. The zero-order valence-corrected chi connectivity index (χ0v) is 19.6. The van der Waals surface area contributed by atoms with Crippen molar-refractivity contribution >= 4 is 23.2 Å². The van der Waals surface area contributed by atoms with Gasteiger partial charge in [-0.25, -0.2) is 9.78 Å². The third-order valence-corrected chi connectivity index (χ3v) is 6.53. The van der Waals surface area contributed by atoms with Gasteiger partial charge in [0, 0.05) is 28.5 Å². The summed E-state index contributed by atoms with van der Waals surface area (Å²) >= 11 is 1.07. The normalized spacial score (nSPS) is 10.9. The maximum absolute atomic E-state index is 11.4. The van der Waals surface area contributed by atoms with Gasteiger partial charge in [-0.3, -0.25) is 4.79 Å². The lowest BCUT2D eigenvalue weighted by molar-refractivity contribution is 0.0691. The summed E-state index contributed by atoms with van der Waals surface area (Å²) in [4.78, 5) is 26.9. The van der Waals surface area contributed by atoms with Crippen LogP contribution in [0.4, 0.5) is 0 Å². The number of primary amides is 1. The lowest BCUT2D eigenvalue weighted by Crippen LogP contribution is -2.10. The number of hydrogen-bond donors (Lipinski definition) is 3. The standard InChI is InChI=1S/C27H20N4O4S/c28-24(32)18-11-9-16(10-12-18)13-21-23(20-8-4-7-19(14-20)17-5-2-1-3-6-17)30-31(25(21)33)27-29-22(15-36-27)26(34)35/h1-12,14-15,33H,13H2,(H2,28,32)(H,34,35). The number of carboxylic acids is 1. The SMILES string of the molecule is NC(=O)c1ccc(Cc2c(-c3cccc(-c4ccccc4)c3)nn(-c3nc(C(=O)O)cs3)c2O)cc1. The molecule has 36 heavy (non-hydrogen) atoms. The van der Waals surface area contributed by atoms with Crippen LogP contribution >= 0.6 is 11.3 Å². The second kappa shape index (κ2) is 9.47. The number of rotatable bonds is 7. The fourth-order valence-electron chi connectivity index (χ4n) is 3.90. The first-order valence-corrected chi connectivity index (χ1v) is 11.8. The maximum atomic E-state index is 11.4. The molecular formula is C27H20N4O4S. The molecule has 0 fully saturated rings. The second-order valence-corrected chi connectivity index (χ2v) is 8.90. The summed E-state index contributed by atoms with van der Waals surface area (Å²) in [6, 6.07) is 24.5. The summed E-state index contributed by atoms with van der Waals surface area (Å²) in [5, 5.41) is 26.8. The van der Waals surface area contributed by atoms with Gasteiger partial charge in [0.05, 0.1) is 0 Å². The molecule has 4 N–H and O–H groups in total. The molecule has 3 aromatic carbocycles. The lowest BCUT2D eigenvalue weighted by atomic mass is 9.97. The topological polar surface area (TPSA) is 131 Å². The van der Waals surface area contributed by atoms with Crippen molar-refractivity contribution in [1.29, 1.82) is 0 Å². The summed E-state index contributed by atoms with van der Waals surface area (Å²) in [6.45, 7) is 0. The second-order valence-electron chi connectivity index (χ2n) is 8.07. The highest BCUT2D eigenvalue weighted by atomic mass is 32.1. The van der Waals surface area contributed by atoms with Crippen molar-refractivity contribution in [1.82, 2.24) is 14.8 Å². The summed E-state index contributed by atoms with van der Waals surface area (Å²) < 4.78 is 1.26. The van der Waals surface area contributed by atoms with Crippen LogP contribution in [0, 0.1) is 0 Å². The van der Waals surface area contributed by atoms with E-state index in [-0.39, 0.29) is 16.7 Å². The van der Waals surface area contributed by atoms with Gasteiger partial charge >= 0.3 is 5.97 Å². The monoisotopic (exact) mass is 496 g/mol. The molecule has 0 atom stereocenters. The predicted octanol–water partition coefficient (Wildman–Crippen LogP) is 4.76. The van der Waals surface area contributed by atoms with E-state index < -0.39 is 11.9 Å². The van der Waals surface area contributed by atoms with E-state index >= 15 is 0 Å². The van der Waals surface area contributed by atoms with Gasteiger partial charge in [-0.05, 0) is 34.9 Å². The fourth-order valence-corrected chi connectivity index (χ4v) is 4.65. The van der Waals surface area contributed by atoms with Crippen LogP contribution < -0.4 is 5.73 Å². The summed E-state index contributed by atoms with van der Waals surface area (Å²) in [5.74, 6) is -1.82. The third-order valence-electron chi connectivity index (χ3n) is 5.71. The number of aromatic hydroxyl groups is 1. The Morgan fingerprint density at radius 1 is 0.917 bits per heavy atom. The Bertz CT molecular complexity index is 1570. The molecule has 0 aliphatic carbocycles. The van der Waals surface area contributed by atoms with Gasteiger partial charge in [0.2, 0.25) is 16.9 Å². The Labute approximate surface area is 209 Å². The molecule has 178 valence electrons. The predicted molar refractivity (Wildman–Crippen MR) is 136 cm³/mol. The van der Waals surface area contributed by atoms with Crippen molar-refractivity contribution in [2.24, 2.45) is 5.73 Å². The van der Waals surface area contributed by atoms with Crippen LogP contribution in [0.15, 0.2) is 84.2 Å². The van der Waals surface area contributed by atoms with E-state index in [1.807, 2.05) is 54.6 Å². The number of carboxylic acid groups (broad SMARTS) is 1. The van der Waals surface area contributed by atoms with E-state index in [1.165, 1.54) is 10.1 Å². The van der Waals surface area contributed by atoms with Gasteiger partial charge in [-0.2, -0.15) is 9.78 Å².